The third-order valence-corrected chi connectivity index (χ3v) is 2.93. The Labute approximate surface area is 80.5 Å². The van der Waals surface area contributed by atoms with E-state index in [-0.39, 0.29) is 0 Å². The standard InChI is InChI=1S/C6H4BrN3OS/c7-4-1-3(8)5(12-4)6-10-9-2-11-6/h1-2H,8H2. The number of hydrogen-bond acceptors (Lipinski definition) is 5. The molecular formula is C6H4BrN3OS. The van der Waals surface area contributed by atoms with Gasteiger partial charge in [0.25, 0.3) is 5.89 Å². The Balaban J connectivity index is 2.54. The van der Waals surface area contributed by atoms with E-state index in [1.54, 1.807) is 0 Å². The minimum atomic E-state index is 0.461. The van der Waals surface area contributed by atoms with Crippen LogP contribution >= 0.6 is 27.3 Å². The van der Waals surface area contributed by atoms with Crippen LogP contribution in [0, 0.1) is 0 Å². The summed E-state index contributed by atoms with van der Waals surface area (Å²) in [5, 5.41) is 7.32. The van der Waals surface area contributed by atoms with E-state index in [1.807, 2.05) is 6.07 Å². The van der Waals surface area contributed by atoms with Gasteiger partial charge in [0.05, 0.1) is 9.47 Å². The lowest BCUT2D eigenvalue weighted by molar-refractivity contribution is 0.570. The third-order valence-electron chi connectivity index (χ3n) is 1.29. The fourth-order valence-corrected chi connectivity index (χ4v) is 2.28. The Hall–Kier alpha value is -0.880. The summed E-state index contributed by atoms with van der Waals surface area (Å²) in [5.74, 6) is 0.461. The number of nitrogens with zero attached hydrogens (tertiary/aromatic N) is 2. The highest BCUT2D eigenvalue weighted by Gasteiger charge is 2.11. The molecule has 0 fully saturated rings. The molecule has 0 saturated heterocycles. The second kappa shape index (κ2) is 2.87. The molecule has 6 heteroatoms. The van der Waals surface area contributed by atoms with E-state index in [1.165, 1.54) is 17.7 Å². The summed E-state index contributed by atoms with van der Waals surface area (Å²) in [6.45, 7) is 0. The van der Waals surface area contributed by atoms with Crippen molar-refractivity contribution in [1.82, 2.24) is 10.2 Å². The lowest BCUT2D eigenvalue weighted by atomic mass is 10.4. The van der Waals surface area contributed by atoms with Crippen LogP contribution in [0.15, 0.2) is 20.7 Å². The molecule has 0 aromatic carbocycles. The normalized spacial score (nSPS) is 10.4. The van der Waals surface area contributed by atoms with Crippen LogP contribution in [-0.4, -0.2) is 10.2 Å². The van der Waals surface area contributed by atoms with Crippen LogP contribution in [0.1, 0.15) is 0 Å². The Bertz CT molecular complexity index is 383. The van der Waals surface area contributed by atoms with Gasteiger partial charge in [0.1, 0.15) is 4.88 Å². The first kappa shape index (κ1) is 7.75. The maximum Gasteiger partial charge on any atom is 0.259 e. The summed E-state index contributed by atoms with van der Waals surface area (Å²) >= 11 is 4.78. The van der Waals surface area contributed by atoms with Gasteiger partial charge in [0, 0.05) is 0 Å². The number of aromatic nitrogens is 2. The molecule has 2 aromatic heterocycles. The van der Waals surface area contributed by atoms with E-state index in [2.05, 4.69) is 26.1 Å². The Kier molecular flexibility index (Phi) is 1.86. The molecule has 0 unspecified atom stereocenters. The van der Waals surface area contributed by atoms with Crippen molar-refractivity contribution in [1.29, 1.82) is 0 Å². The average Bonchev–Trinajstić information content (AvgIpc) is 2.58. The Morgan fingerprint density at radius 2 is 2.42 bits per heavy atom. The fraction of sp³-hybridized carbons (Fsp3) is 0. The van der Waals surface area contributed by atoms with Gasteiger partial charge in [0.15, 0.2) is 0 Å². The van der Waals surface area contributed by atoms with Crippen molar-refractivity contribution in [3.05, 3.63) is 16.2 Å². The molecule has 2 rings (SSSR count). The topological polar surface area (TPSA) is 64.9 Å². The van der Waals surface area contributed by atoms with Crippen molar-refractivity contribution in [3.63, 3.8) is 0 Å². The first-order chi connectivity index (χ1) is 5.77. The van der Waals surface area contributed by atoms with Crippen molar-refractivity contribution in [2.75, 3.05) is 5.73 Å². The lowest BCUT2D eigenvalue weighted by Crippen LogP contribution is -1.83. The molecule has 0 atom stereocenters. The summed E-state index contributed by atoms with van der Waals surface area (Å²) in [5.41, 5.74) is 6.33. The summed E-state index contributed by atoms with van der Waals surface area (Å²) < 4.78 is 5.95. The third kappa shape index (κ3) is 1.23. The number of rotatable bonds is 1. The number of thiophene rings is 1. The zero-order valence-electron chi connectivity index (χ0n) is 5.82. The highest BCUT2D eigenvalue weighted by Crippen LogP contribution is 2.36. The predicted molar refractivity (Wildman–Crippen MR) is 49.7 cm³/mol. The van der Waals surface area contributed by atoms with Crippen LogP contribution in [0.5, 0.6) is 0 Å². The maximum absolute atomic E-state index is 5.69. The number of halogens is 1. The van der Waals surface area contributed by atoms with E-state index < -0.39 is 0 Å². The van der Waals surface area contributed by atoms with Crippen LogP contribution in [-0.2, 0) is 0 Å². The molecule has 12 heavy (non-hydrogen) atoms. The van der Waals surface area contributed by atoms with Crippen LogP contribution in [0.25, 0.3) is 10.8 Å². The number of hydrogen-bond donors (Lipinski definition) is 1. The van der Waals surface area contributed by atoms with E-state index in [0.717, 1.165) is 8.66 Å². The van der Waals surface area contributed by atoms with Crippen molar-refractivity contribution < 1.29 is 4.42 Å². The summed E-state index contributed by atoms with van der Waals surface area (Å²) in [6, 6.07) is 1.81. The fourth-order valence-electron chi connectivity index (χ4n) is 0.813. The number of nitrogens with two attached hydrogens (primary N) is 1. The van der Waals surface area contributed by atoms with E-state index in [9.17, 15) is 0 Å². The van der Waals surface area contributed by atoms with Crippen molar-refractivity contribution in [3.8, 4) is 10.8 Å². The summed E-state index contributed by atoms with van der Waals surface area (Å²) in [4.78, 5) is 0.805. The van der Waals surface area contributed by atoms with Gasteiger partial charge in [-0.3, -0.25) is 0 Å². The van der Waals surface area contributed by atoms with Gasteiger partial charge < -0.3 is 10.2 Å². The molecule has 2 N–H and O–H groups in total. The molecule has 62 valence electrons. The first-order valence-corrected chi connectivity index (χ1v) is 4.69. The van der Waals surface area contributed by atoms with Crippen LogP contribution < -0.4 is 5.73 Å². The minimum absolute atomic E-state index is 0.461. The molecule has 0 aliphatic carbocycles. The van der Waals surface area contributed by atoms with Gasteiger partial charge in [-0.15, -0.1) is 21.5 Å². The van der Waals surface area contributed by atoms with Gasteiger partial charge in [-0.25, -0.2) is 0 Å². The molecule has 0 amide bonds. The molecule has 0 spiro atoms. The summed E-state index contributed by atoms with van der Waals surface area (Å²) in [6.07, 6.45) is 1.28. The van der Waals surface area contributed by atoms with E-state index in [0.29, 0.717) is 11.6 Å². The van der Waals surface area contributed by atoms with E-state index >= 15 is 0 Å². The molecule has 0 radical (unpaired) electrons. The quantitative estimate of drug-likeness (QED) is 0.837. The smallest absolute Gasteiger partial charge is 0.259 e. The van der Waals surface area contributed by atoms with Crippen LogP contribution in [0.2, 0.25) is 0 Å². The molecule has 4 nitrogen and oxygen atoms in total. The SMILES string of the molecule is Nc1cc(Br)sc1-c1nnco1. The van der Waals surface area contributed by atoms with Gasteiger partial charge in [0.2, 0.25) is 6.39 Å². The van der Waals surface area contributed by atoms with Crippen LogP contribution in [0.4, 0.5) is 5.69 Å². The molecular weight excluding hydrogens is 242 g/mol. The first-order valence-electron chi connectivity index (χ1n) is 3.08. The van der Waals surface area contributed by atoms with E-state index in [4.69, 9.17) is 10.2 Å². The molecule has 2 aromatic rings. The Morgan fingerprint density at radius 3 is 2.92 bits per heavy atom. The molecule has 2 heterocycles. The number of anilines is 1. The predicted octanol–water partition coefficient (Wildman–Crippen LogP) is 2.14. The Morgan fingerprint density at radius 1 is 1.58 bits per heavy atom. The highest BCUT2D eigenvalue weighted by atomic mass is 79.9. The van der Waals surface area contributed by atoms with Crippen LogP contribution in [0.3, 0.4) is 0 Å². The molecule has 0 saturated carbocycles. The van der Waals surface area contributed by atoms with Gasteiger partial charge in [-0.1, -0.05) is 0 Å². The minimum Gasteiger partial charge on any atom is -0.423 e. The zero-order valence-corrected chi connectivity index (χ0v) is 8.22. The van der Waals surface area contributed by atoms with Crippen molar-refractivity contribution in [2.24, 2.45) is 0 Å². The average molecular weight is 246 g/mol. The second-order valence-electron chi connectivity index (χ2n) is 2.08. The molecule has 0 bridgehead atoms. The van der Waals surface area contributed by atoms with Gasteiger partial charge in [-0.05, 0) is 22.0 Å². The second-order valence-corrected chi connectivity index (χ2v) is 4.51. The van der Waals surface area contributed by atoms with Gasteiger partial charge >= 0.3 is 0 Å². The largest absolute Gasteiger partial charge is 0.423 e. The zero-order chi connectivity index (χ0) is 8.55. The molecule has 0 aliphatic rings. The monoisotopic (exact) mass is 245 g/mol. The highest BCUT2D eigenvalue weighted by molar-refractivity contribution is 9.11. The van der Waals surface area contributed by atoms with Crippen molar-refractivity contribution in [2.45, 2.75) is 0 Å². The van der Waals surface area contributed by atoms with Crippen molar-refractivity contribution >= 4 is 33.0 Å². The maximum atomic E-state index is 5.69. The lowest BCUT2D eigenvalue weighted by Gasteiger charge is -1.88. The van der Waals surface area contributed by atoms with Gasteiger partial charge in [-0.2, -0.15) is 0 Å². The summed E-state index contributed by atoms with van der Waals surface area (Å²) in [7, 11) is 0. The molecule has 0 aliphatic heterocycles. The number of nitrogen functional groups attached to an aromatic ring is 1.